The van der Waals surface area contributed by atoms with E-state index in [1.165, 1.54) is 6.20 Å². The molecule has 0 bridgehead atoms. The molecule has 7 nitrogen and oxygen atoms in total. The Hall–Kier alpha value is -2.15. The van der Waals surface area contributed by atoms with Crippen LogP contribution in [0.5, 0.6) is 0 Å². The van der Waals surface area contributed by atoms with Gasteiger partial charge in [0, 0.05) is 19.8 Å². The van der Waals surface area contributed by atoms with Crippen molar-refractivity contribution in [1.82, 2.24) is 14.8 Å². The predicted molar refractivity (Wildman–Crippen MR) is 75.0 cm³/mol. The number of ether oxygens (including phenoxy) is 1. The van der Waals surface area contributed by atoms with Crippen molar-refractivity contribution in [3.63, 3.8) is 0 Å². The second-order valence-corrected chi connectivity index (χ2v) is 4.70. The first kappa shape index (κ1) is 14.3. The third kappa shape index (κ3) is 2.88. The molecule has 2 rings (SSSR count). The number of rotatable bonds is 6. The predicted octanol–water partition coefficient (Wildman–Crippen LogP) is 1.50. The summed E-state index contributed by atoms with van der Waals surface area (Å²) in [6.45, 7) is 4.93. The third-order valence-electron chi connectivity index (χ3n) is 2.85. The summed E-state index contributed by atoms with van der Waals surface area (Å²) in [6.07, 6.45) is 3.10. The number of nitrogens with zero attached hydrogens (tertiary/aromatic N) is 3. The molecule has 0 aromatic carbocycles. The lowest BCUT2D eigenvalue weighted by Crippen LogP contribution is -2.15. The maximum Gasteiger partial charge on any atom is 0.339 e. The van der Waals surface area contributed by atoms with Crippen molar-refractivity contribution in [2.24, 2.45) is 7.05 Å². The number of carboxylic acid groups (broad SMARTS) is 1. The number of anilines is 1. The highest BCUT2D eigenvalue weighted by Crippen LogP contribution is 2.25. The minimum atomic E-state index is -1.02. The Morgan fingerprint density at radius 3 is 2.90 bits per heavy atom. The number of carboxylic acids is 1. The molecule has 0 unspecified atom stereocenters. The van der Waals surface area contributed by atoms with Crippen molar-refractivity contribution in [1.29, 1.82) is 0 Å². The zero-order valence-corrected chi connectivity index (χ0v) is 11.8. The fourth-order valence-electron chi connectivity index (χ4n) is 1.92. The molecule has 0 radical (unpaired) electrons. The molecule has 0 aliphatic carbocycles. The van der Waals surface area contributed by atoms with Crippen molar-refractivity contribution < 1.29 is 14.6 Å². The van der Waals surface area contributed by atoms with E-state index in [2.05, 4.69) is 15.4 Å². The third-order valence-corrected chi connectivity index (χ3v) is 2.85. The largest absolute Gasteiger partial charge is 0.478 e. The van der Waals surface area contributed by atoms with Gasteiger partial charge >= 0.3 is 5.97 Å². The van der Waals surface area contributed by atoms with Crippen LogP contribution in [0, 0.1) is 0 Å². The maximum atomic E-state index is 11.3. The molecule has 2 heterocycles. The molecule has 0 atom stereocenters. The number of aromatic nitrogens is 3. The van der Waals surface area contributed by atoms with Crippen LogP contribution in [0.2, 0.25) is 0 Å². The summed E-state index contributed by atoms with van der Waals surface area (Å²) in [5, 5.41) is 17.1. The van der Waals surface area contributed by atoms with E-state index in [0.717, 1.165) is 0 Å². The lowest BCUT2D eigenvalue weighted by molar-refractivity contribution is 0.0696. The van der Waals surface area contributed by atoms with Gasteiger partial charge in [0.05, 0.1) is 30.0 Å². The van der Waals surface area contributed by atoms with Crippen molar-refractivity contribution in [2.45, 2.75) is 20.0 Å². The number of nitrogens with one attached hydrogen (secondary N) is 1. The summed E-state index contributed by atoms with van der Waals surface area (Å²) >= 11 is 0. The fourth-order valence-corrected chi connectivity index (χ4v) is 1.92. The van der Waals surface area contributed by atoms with Crippen LogP contribution in [0.15, 0.2) is 12.4 Å². The first-order valence-electron chi connectivity index (χ1n) is 6.40. The van der Waals surface area contributed by atoms with Gasteiger partial charge in [-0.1, -0.05) is 0 Å². The quantitative estimate of drug-likeness (QED) is 0.778. The summed E-state index contributed by atoms with van der Waals surface area (Å²) in [5.74, 6) is -1.02. The van der Waals surface area contributed by atoms with Gasteiger partial charge in [0.2, 0.25) is 0 Å². The van der Waals surface area contributed by atoms with Gasteiger partial charge < -0.3 is 15.2 Å². The van der Waals surface area contributed by atoms with Crippen molar-refractivity contribution in [2.75, 3.05) is 18.5 Å². The van der Waals surface area contributed by atoms with Crippen LogP contribution >= 0.6 is 0 Å². The van der Waals surface area contributed by atoms with Gasteiger partial charge in [-0.15, -0.1) is 0 Å². The summed E-state index contributed by atoms with van der Waals surface area (Å²) in [7, 11) is 1.77. The van der Waals surface area contributed by atoms with E-state index in [4.69, 9.17) is 4.74 Å². The molecule has 2 aromatic rings. The molecule has 0 saturated heterocycles. The summed E-state index contributed by atoms with van der Waals surface area (Å²) < 4.78 is 7.04. The van der Waals surface area contributed by atoms with Crippen molar-refractivity contribution >= 4 is 22.7 Å². The topological polar surface area (TPSA) is 89.3 Å². The van der Waals surface area contributed by atoms with Crippen LogP contribution in [0.4, 0.5) is 5.69 Å². The number of aromatic carboxylic acids is 1. The Morgan fingerprint density at radius 2 is 2.25 bits per heavy atom. The Morgan fingerprint density at radius 1 is 1.50 bits per heavy atom. The molecule has 0 spiro atoms. The van der Waals surface area contributed by atoms with Crippen molar-refractivity contribution in [3.8, 4) is 0 Å². The molecule has 0 aliphatic rings. The highest BCUT2D eigenvalue weighted by molar-refractivity contribution is 6.03. The van der Waals surface area contributed by atoms with E-state index in [1.807, 2.05) is 13.8 Å². The van der Waals surface area contributed by atoms with E-state index in [0.29, 0.717) is 29.9 Å². The van der Waals surface area contributed by atoms with E-state index in [-0.39, 0.29) is 11.7 Å². The number of hydrogen-bond donors (Lipinski definition) is 2. The average molecular weight is 278 g/mol. The van der Waals surface area contributed by atoms with Gasteiger partial charge in [-0.2, -0.15) is 5.10 Å². The molecule has 0 saturated carbocycles. The Kier molecular flexibility index (Phi) is 4.19. The van der Waals surface area contributed by atoms with Gasteiger partial charge in [0.25, 0.3) is 0 Å². The molecule has 0 amide bonds. The lowest BCUT2D eigenvalue weighted by Gasteiger charge is -2.12. The van der Waals surface area contributed by atoms with Crippen LogP contribution < -0.4 is 5.32 Å². The van der Waals surface area contributed by atoms with E-state index < -0.39 is 5.97 Å². The van der Waals surface area contributed by atoms with Crippen molar-refractivity contribution in [3.05, 3.63) is 18.0 Å². The zero-order chi connectivity index (χ0) is 14.7. The van der Waals surface area contributed by atoms with Crippen LogP contribution in [0.3, 0.4) is 0 Å². The van der Waals surface area contributed by atoms with Gasteiger partial charge in [-0.25, -0.2) is 9.78 Å². The minimum Gasteiger partial charge on any atom is -0.478 e. The Balaban J connectivity index is 2.28. The highest BCUT2D eigenvalue weighted by Gasteiger charge is 2.16. The summed E-state index contributed by atoms with van der Waals surface area (Å²) in [4.78, 5) is 15.4. The zero-order valence-electron chi connectivity index (χ0n) is 11.8. The van der Waals surface area contributed by atoms with Gasteiger partial charge in [0.1, 0.15) is 5.56 Å². The van der Waals surface area contributed by atoms with Crippen LogP contribution in [-0.2, 0) is 11.8 Å². The van der Waals surface area contributed by atoms with Crippen LogP contribution in [-0.4, -0.2) is 45.1 Å². The Labute approximate surface area is 116 Å². The highest BCUT2D eigenvalue weighted by atomic mass is 16.5. The standard InChI is InChI=1S/C13H18N4O3/c1-8(2)20-5-4-14-11-9-7-16-17(3)12(9)15-6-10(11)13(18)19/h6-8H,4-5H2,1-3H3,(H,14,15)(H,18,19). The van der Waals surface area contributed by atoms with Crippen LogP contribution in [0.1, 0.15) is 24.2 Å². The molecule has 7 heteroatoms. The van der Waals surface area contributed by atoms with Gasteiger partial charge in [-0.3, -0.25) is 4.68 Å². The molecular formula is C13H18N4O3. The van der Waals surface area contributed by atoms with Gasteiger partial charge in [-0.05, 0) is 13.8 Å². The maximum absolute atomic E-state index is 11.3. The smallest absolute Gasteiger partial charge is 0.339 e. The van der Waals surface area contributed by atoms with E-state index in [1.54, 1.807) is 17.9 Å². The molecular weight excluding hydrogens is 260 g/mol. The van der Waals surface area contributed by atoms with E-state index in [9.17, 15) is 9.90 Å². The normalized spacial score (nSPS) is 11.2. The first-order chi connectivity index (χ1) is 9.50. The molecule has 20 heavy (non-hydrogen) atoms. The second-order valence-electron chi connectivity index (χ2n) is 4.70. The number of hydrogen-bond acceptors (Lipinski definition) is 5. The fraction of sp³-hybridized carbons (Fsp3) is 0.462. The molecule has 2 aromatic heterocycles. The monoisotopic (exact) mass is 278 g/mol. The lowest BCUT2D eigenvalue weighted by atomic mass is 10.2. The number of aryl methyl sites for hydroxylation is 1. The van der Waals surface area contributed by atoms with Gasteiger partial charge in [0.15, 0.2) is 5.65 Å². The second kappa shape index (κ2) is 5.87. The Bertz CT molecular complexity index is 621. The molecule has 0 fully saturated rings. The molecule has 0 aliphatic heterocycles. The summed E-state index contributed by atoms with van der Waals surface area (Å²) in [6, 6.07) is 0. The van der Waals surface area contributed by atoms with Crippen LogP contribution in [0.25, 0.3) is 11.0 Å². The number of fused-ring (bicyclic) bond motifs is 1. The first-order valence-corrected chi connectivity index (χ1v) is 6.40. The summed E-state index contributed by atoms with van der Waals surface area (Å²) in [5.41, 5.74) is 1.31. The minimum absolute atomic E-state index is 0.134. The van der Waals surface area contributed by atoms with E-state index >= 15 is 0 Å². The molecule has 2 N–H and O–H groups in total. The SMILES string of the molecule is CC(C)OCCNc1c(C(=O)O)cnc2c1cnn2C. The molecule has 108 valence electrons. The number of carbonyl (C=O) groups is 1. The number of pyridine rings is 1. The average Bonchev–Trinajstić information content (AvgIpc) is 2.76.